The van der Waals surface area contributed by atoms with Gasteiger partial charge in [-0.2, -0.15) is 0 Å². The minimum absolute atomic E-state index is 0.556. The molecule has 0 saturated carbocycles. The van der Waals surface area contributed by atoms with E-state index in [0.29, 0.717) is 0 Å². The van der Waals surface area contributed by atoms with Crippen LogP contribution in [0.4, 0.5) is 0 Å². The molecule has 0 aromatic heterocycles. The Morgan fingerprint density at radius 3 is 1.14 bits per heavy atom. The van der Waals surface area contributed by atoms with E-state index < -0.39 is 17.0 Å². The Morgan fingerprint density at radius 1 is 0.486 bits per heavy atom. The molecule has 0 unspecified atom stereocenters. The predicted molar refractivity (Wildman–Crippen MR) is 161 cm³/mol. The van der Waals surface area contributed by atoms with Crippen LogP contribution in [-0.4, -0.2) is 0 Å². The molecule has 0 nitrogen and oxygen atoms in total. The quantitative estimate of drug-likeness (QED) is 0.147. The fraction of sp³-hybridized carbons (Fsp3) is 0.118. The van der Waals surface area contributed by atoms with Crippen LogP contribution >= 0.6 is 18.6 Å². The maximum atomic E-state index is 4.89. The first-order chi connectivity index (χ1) is 17.9. The van der Waals surface area contributed by atoms with Crippen molar-refractivity contribution in [1.82, 2.24) is 0 Å². The molecule has 6 aromatic rings. The van der Waals surface area contributed by atoms with Crippen LogP contribution in [0.1, 0.15) is 22.3 Å². The van der Waals surface area contributed by atoms with Gasteiger partial charge in [-0.25, -0.2) is 0 Å². The number of hydrogen-bond donors (Lipinski definition) is 0. The fourth-order valence-corrected chi connectivity index (χ4v) is 4.92. The Bertz CT molecular complexity index is 1390. The summed E-state index contributed by atoms with van der Waals surface area (Å²) in [6.45, 7) is 8.61. The standard InChI is InChI=1S/2C17H15.2ClH.Ti/c2*1-12-7-13(2)9-16(8-12)17-10-14-5-3-4-6-15(14)11-17;;;/h2*3-11H,1-2H3;2*1H;/q2*-1;;;+2/p-2. The maximum absolute atomic E-state index is 4.89. The molecule has 0 fully saturated rings. The van der Waals surface area contributed by atoms with Gasteiger partial charge in [-0.05, 0) is 27.7 Å². The van der Waals surface area contributed by atoms with Gasteiger partial charge >= 0.3 is 35.6 Å². The van der Waals surface area contributed by atoms with E-state index in [1.807, 2.05) is 0 Å². The van der Waals surface area contributed by atoms with E-state index in [2.05, 4.69) is 137 Å². The summed E-state index contributed by atoms with van der Waals surface area (Å²) in [5.41, 5.74) is 10.6. The van der Waals surface area contributed by atoms with Crippen molar-refractivity contribution in [2.24, 2.45) is 0 Å². The van der Waals surface area contributed by atoms with Gasteiger partial charge in [-0.15, -0.1) is 69.1 Å². The Labute approximate surface area is 237 Å². The van der Waals surface area contributed by atoms with Crippen molar-refractivity contribution in [3.05, 3.63) is 131 Å². The molecule has 0 heterocycles. The molecule has 6 rings (SSSR count). The van der Waals surface area contributed by atoms with Gasteiger partial charge in [0.2, 0.25) is 0 Å². The monoisotopic (exact) mass is 556 g/mol. The van der Waals surface area contributed by atoms with Crippen molar-refractivity contribution in [1.29, 1.82) is 0 Å². The molecule has 0 N–H and O–H groups in total. The van der Waals surface area contributed by atoms with E-state index >= 15 is 0 Å². The second-order valence-corrected chi connectivity index (χ2v) is 12.1. The molecule has 186 valence electrons. The first-order valence-electron chi connectivity index (χ1n) is 12.3. The molecule has 0 aliphatic carbocycles. The number of halogens is 2. The fourth-order valence-electron chi connectivity index (χ4n) is 4.92. The van der Waals surface area contributed by atoms with Gasteiger partial charge in [0.05, 0.1) is 0 Å². The molecule has 0 amide bonds. The summed E-state index contributed by atoms with van der Waals surface area (Å²) < 4.78 is 0. The van der Waals surface area contributed by atoms with Gasteiger partial charge in [0, 0.05) is 0 Å². The molecule has 37 heavy (non-hydrogen) atoms. The van der Waals surface area contributed by atoms with Gasteiger partial charge in [-0.3, -0.25) is 0 Å². The van der Waals surface area contributed by atoms with Crippen molar-refractivity contribution in [2.45, 2.75) is 27.7 Å². The Morgan fingerprint density at radius 2 is 0.811 bits per heavy atom. The predicted octanol–water partition coefficient (Wildman–Crippen LogP) is 11.1. The van der Waals surface area contributed by atoms with E-state index in [9.17, 15) is 0 Å². The molecule has 0 atom stereocenters. The molecule has 0 spiro atoms. The molecule has 3 heteroatoms. The SMILES string of the molecule is Cc1cc(C)cc(-c2cc3ccccc3[cH-]2)c1.Cc1cc(C)cc(-c2cc3ccccc3[cH-]2)c1.[Cl][Ti][Cl]. The summed E-state index contributed by atoms with van der Waals surface area (Å²) in [5, 5.41) is 5.28. The van der Waals surface area contributed by atoms with Crippen LogP contribution in [0, 0.1) is 27.7 Å². The van der Waals surface area contributed by atoms with Gasteiger partial charge in [0.15, 0.2) is 0 Å². The zero-order chi connectivity index (χ0) is 26.4. The first-order valence-corrected chi connectivity index (χ1v) is 16.6. The Balaban J connectivity index is 0.000000157. The Kier molecular flexibility index (Phi) is 9.46. The summed E-state index contributed by atoms with van der Waals surface area (Å²) in [4.78, 5) is 0. The normalized spacial score (nSPS) is 10.4. The molecule has 0 saturated heterocycles. The second kappa shape index (κ2) is 12.8. The van der Waals surface area contributed by atoms with Crippen LogP contribution < -0.4 is 0 Å². The summed E-state index contributed by atoms with van der Waals surface area (Å²) >= 11 is -0.556. The first kappa shape index (κ1) is 27.4. The third-order valence-corrected chi connectivity index (χ3v) is 6.35. The van der Waals surface area contributed by atoms with Crippen LogP contribution in [0.2, 0.25) is 0 Å². The molecule has 0 aliphatic heterocycles. The number of benzene rings is 4. The number of rotatable bonds is 2. The van der Waals surface area contributed by atoms with Crippen molar-refractivity contribution in [2.75, 3.05) is 0 Å². The number of fused-ring (bicyclic) bond motifs is 2. The van der Waals surface area contributed by atoms with Crippen molar-refractivity contribution >= 4 is 40.2 Å². The molecule has 0 aliphatic rings. The third-order valence-electron chi connectivity index (χ3n) is 6.35. The average Bonchev–Trinajstić information content (AvgIpc) is 3.48. The number of hydrogen-bond acceptors (Lipinski definition) is 0. The van der Waals surface area contributed by atoms with Gasteiger partial charge in [0.25, 0.3) is 0 Å². The van der Waals surface area contributed by atoms with E-state index in [-0.39, 0.29) is 0 Å². The summed E-state index contributed by atoms with van der Waals surface area (Å²) in [6.07, 6.45) is 0. The molecular weight excluding hydrogens is 527 g/mol. The van der Waals surface area contributed by atoms with Crippen LogP contribution in [0.5, 0.6) is 0 Å². The van der Waals surface area contributed by atoms with E-state index in [1.165, 1.54) is 66.1 Å². The second-order valence-electron chi connectivity index (χ2n) is 9.57. The van der Waals surface area contributed by atoms with Gasteiger partial charge < -0.3 is 0 Å². The summed E-state index contributed by atoms with van der Waals surface area (Å²) in [6, 6.07) is 39.5. The van der Waals surface area contributed by atoms with Gasteiger partial charge in [0.1, 0.15) is 0 Å². The van der Waals surface area contributed by atoms with E-state index in [0.717, 1.165) is 0 Å². The third kappa shape index (κ3) is 7.25. The van der Waals surface area contributed by atoms with Crippen molar-refractivity contribution in [3.63, 3.8) is 0 Å². The average molecular weight is 557 g/mol. The number of aryl methyl sites for hydroxylation is 4. The van der Waals surface area contributed by atoms with Gasteiger partial charge in [-0.1, -0.05) is 106 Å². The summed E-state index contributed by atoms with van der Waals surface area (Å²) in [5.74, 6) is 0. The van der Waals surface area contributed by atoms with E-state index in [4.69, 9.17) is 18.6 Å². The zero-order valence-electron chi connectivity index (χ0n) is 21.6. The molecule has 6 aromatic carbocycles. The minimum atomic E-state index is -0.556. The zero-order valence-corrected chi connectivity index (χ0v) is 24.7. The summed E-state index contributed by atoms with van der Waals surface area (Å²) in [7, 11) is 9.78. The molecule has 0 radical (unpaired) electrons. The van der Waals surface area contributed by atoms with Crippen LogP contribution in [-0.2, 0) is 17.0 Å². The topological polar surface area (TPSA) is 0 Å². The van der Waals surface area contributed by atoms with Crippen molar-refractivity contribution in [3.8, 4) is 22.3 Å². The van der Waals surface area contributed by atoms with Crippen LogP contribution in [0.3, 0.4) is 0 Å². The van der Waals surface area contributed by atoms with Crippen molar-refractivity contribution < 1.29 is 17.0 Å². The van der Waals surface area contributed by atoms with Crippen LogP contribution in [0.25, 0.3) is 43.8 Å². The van der Waals surface area contributed by atoms with E-state index in [1.54, 1.807) is 0 Å². The molecular formula is C34H30Cl2Ti-2. The molecule has 0 bridgehead atoms. The van der Waals surface area contributed by atoms with Crippen LogP contribution in [0.15, 0.2) is 109 Å². The Hall–Kier alpha value is -2.61.